The average Bonchev–Trinajstić information content (AvgIpc) is 3.50. The number of para-hydroxylation sites is 1. The van der Waals surface area contributed by atoms with Crippen LogP contribution in [0.15, 0.2) is 112 Å². The number of imide groups is 1. The SMILES string of the molecule is O=C(Nc1cccc(SC2=C(Nc3ccc(F)cc3)C(=O)N(c3ccccc3)C2=O)c1)c1cccs1. The van der Waals surface area contributed by atoms with E-state index in [1.54, 1.807) is 66.7 Å². The van der Waals surface area contributed by atoms with E-state index >= 15 is 0 Å². The van der Waals surface area contributed by atoms with E-state index < -0.39 is 17.6 Å². The van der Waals surface area contributed by atoms with Crippen LogP contribution in [0.25, 0.3) is 0 Å². The lowest BCUT2D eigenvalue weighted by molar-refractivity contribution is -0.120. The predicted molar refractivity (Wildman–Crippen MR) is 141 cm³/mol. The van der Waals surface area contributed by atoms with Gasteiger partial charge in [0.1, 0.15) is 16.4 Å². The minimum absolute atomic E-state index is 0.0912. The summed E-state index contributed by atoms with van der Waals surface area (Å²) in [7, 11) is 0. The van der Waals surface area contributed by atoms with Gasteiger partial charge in [0.25, 0.3) is 17.7 Å². The lowest BCUT2D eigenvalue weighted by atomic mass is 10.3. The number of nitrogens with zero attached hydrogens (tertiary/aromatic N) is 1. The van der Waals surface area contributed by atoms with Crippen molar-refractivity contribution in [1.29, 1.82) is 0 Å². The van der Waals surface area contributed by atoms with E-state index in [0.29, 0.717) is 26.8 Å². The van der Waals surface area contributed by atoms with Crippen LogP contribution in [-0.2, 0) is 9.59 Å². The molecule has 3 aromatic carbocycles. The van der Waals surface area contributed by atoms with Crippen molar-refractivity contribution in [3.8, 4) is 0 Å². The van der Waals surface area contributed by atoms with Crippen LogP contribution in [-0.4, -0.2) is 17.7 Å². The molecule has 3 amide bonds. The topological polar surface area (TPSA) is 78.5 Å². The first-order chi connectivity index (χ1) is 17.5. The number of rotatable bonds is 7. The third-order valence-corrected chi connectivity index (χ3v) is 7.17. The van der Waals surface area contributed by atoms with Crippen molar-refractivity contribution in [2.45, 2.75) is 4.90 Å². The maximum absolute atomic E-state index is 13.5. The molecule has 36 heavy (non-hydrogen) atoms. The number of hydrogen-bond donors (Lipinski definition) is 2. The summed E-state index contributed by atoms with van der Waals surface area (Å²) < 4.78 is 13.4. The van der Waals surface area contributed by atoms with Crippen LogP contribution in [0.2, 0.25) is 0 Å². The van der Waals surface area contributed by atoms with Crippen LogP contribution in [0, 0.1) is 5.82 Å². The van der Waals surface area contributed by atoms with E-state index in [1.807, 2.05) is 5.38 Å². The third kappa shape index (κ3) is 4.93. The quantitative estimate of drug-likeness (QED) is 0.290. The van der Waals surface area contributed by atoms with E-state index in [2.05, 4.69) is 10.6 Å². The number of carbonyl (C=O) groups is 3. The number of thiophene rings is 1. The molecule has 0 saturated heterocycles. The number of nitrogens with one attached hydrogen (secondary N) is 2. The minimum Gasteiger partial charge on any atom is -0.350 e. The first kappa shape index (κ1) is 23.5. The standard InChI is InChI=1S/C27H18FN3O3S2/c28-17-11-13-18(14-12-17)29-23-24(27(34)31(26(23)33)20-7-2-1-3-8-20)36-21-9-4-6-19(16-21)30-25(32)22-10-5-15-35-22/h1-16,29H,(H,30,32). The molecular formula is C27H18FN3O3S2. The molecule has 0 radical (unpaired) electrons. The third-order valence-electron chi connectivity index (χ3n) is 5.23. The van der Waals surface area contributed by atoms with E-state index in [4.69, 9.17) is 0 Å². The second-order valence-corrected chi connectivity index (χ2v) is 9.71. The minimum atomic E-state index is -0.514. The molecule has 4 aromatic rings. The Bertz CT molecular complexity index is 1470. The van der Waals surface area contributed by atoms with Crippen LogP contribution >= 0.6 is 23.1 Å². The summed E-state index contributed by atoms with van der Waals surface area (Å²) in [5.41, 5.74) is 1.56. The van der Waals surface area contributed by atoms with Gasteiger partial charge in [-0.1, -0.05) is 42.1 Å². The highest BCUT2D eigenvalue weighted by molar-refractivity contribution is 8.04. The summed E-state index contributed by atoms with van der Waals surface area (Å²) in [5.74, 6) is -1.63. The summed E-state index contributed by atoms with van der Waals surface area (Å²) >= 11 is 2.45. The van der Waals surface area contributed by atoms with Crippen LogP contribution in [0.5, 0.6) is 0 Å². The van der Waals surface area contributed by atoms with E-state index in [-0.39, 0.29) is 16.5 Å². The van der Waals surface area contributed by atoms with Crippen LogP contribution in [0.3, 0.4) is 0 Å². The maximum Gasteiger partial charge on any atom is 0.283 e. The van der Waals surface area contributed by atoms with Gasteiger partial charge in [0.15, 0.2) is 0 Å². The van der Waals surface area contributed by atoms with Gasteiger partial charge in [-0.25, -0.2) is 9.29 Å². The normalized spacial score (nSPS) is 13.3. The first-order valence-corrected chi connectivity index (χ1v) is 12.5. The number of anilines is 3. The molecule has 0 bridgehead atoms. The summed E-state index contributed by atoms with van der Waals surface area (Å²) in [6.45, 7) is 0. The highest BCUT2D eigenvalue weighted by Gasteiger charge is 2.40. The Balaban J connectivity index is 1.46. The zero-order chi connectivity index (χ0) is 25.1. The molecule has 6 nitrogen and oxygen atoms in total. The number of amides is 3. The number of hydrogen-bond acceptors (Lipinski definition) is 6. The maximum atomic E-state index is 13.5. The highest BCUT2D eigenvalue weighted by atomic mass is 32.2. The second-order valence-electron chi connectivity index (χ2n) is 7.68. The second kappa shape index (κ2) is 10.2. The lowest BCUT2D eigenvalue weighted by Crippen LogP contribution is -2.32. The molecule has 2 heterocycles. The fraction of sp³-hybridized carbons (Fsp3) is 0. The Kier molecular flexibility index (Phi) is 6.66. The van der Waals surface area contributed by atoms with Crippen LogP contribution in [0.1, 0.15) is 9.67 Å². The summed E-state index contributed by atoms with van der Waals surface area (Å²) in [6.07, 6.45) is 0. The smallest absolute Gasteiger partial charge is 0.283 e. The lowest BCUT2D eigenvalue weighted by Gasteiger charge is -2.15. The van der Waals surface area contributed by atoms with E-state index in [0.717, 1.165) is 16.7 Å². The molecule has 1 aliphatic heterocycles. The molecule has 1 aromatic heterocycles. The van der Waals surface area contributed by atoms with Crippen molar-refractivity contribution >= 4 is 57.9 Å². The zero-order valence-electron chi connectivity index (χ0n) is 18.6. The molecule has 0 spiro atoms. The van der Waals surface area contributed by atoms with Crippen molar-refractivity contribution in [2.24, 2.45) is 0 Å². The van der Waals surface area contributed by atoms with Crippen LogP contribution in [0.4, 0.5) is 21.5 Å². The summed E-state index contributed by atoms with van der Waals surface area (Å²) in [5, 5.41) is 7.67. The molecule has 2 N–H and O–H groups in total. The van der Waals surface area contributed by atoms with Crippen LogP contribution < -0.4 is 15.5 Å². The average molecular weight is 516 g/mol. The van der Waals surface area contributed by atoms with Gasteiger partial charge in [0.05, 0.1) is 10.6 Å². The molecular weight excluding hydrogens is 497 g/mol. The molecule has 0 aliphatic carbocycles. The fourth-order valence-electron chi connectivity index (χ4n) is 3.56. The monoisotopic (exact) mass is 515 g/mol. The molecule has 0 unspecified atom stereocenters. The Morgan fingerprint density at radius 1 is 0.833 bits per heavy atom. The number of carbonyl (C=O) groups excluding carboxylic acids is 3. The Labute approximate surface area is 214 Å². The van der Waals surface area contributed by atoms with Gasteiger partial charge in [0.2, 0.25) is 0 Å². The Morgan fingerprint density at radius 2 is 1.61 bits per heavy atom. The fourth-order valence-corrected chi connectivity index (χ4v) is 5.17. The van der Waals surface area contributed by atoms with Crippen molar-refractivity contribution in [3.63, 3.8) is 0 Å². The van der Waals surface area contributed by atoms with Gasteiger partial charge in [-0.2, -0.15) is 0 Å². The van der Waals surface area contributed by atoms with Crippen molar-refractivity contribution in [2.75, 3.05) is 15.5 Å². The Morgan fingerprint density at radius 3 is 2.33 bits per heavy atom. The van der Waals surface area contributed by atoms with Gasteiger partial charge in [-0.3, -0.25) is 14.4 Å². The molecule has 0 atom stereocenters. The number of benzene rings is 3. The van der Waals surface area contributed by atoms with Crippen molar-refractivity contribution in [3.05, 3.63) is 118 Å². The number of halogens is 1. The van der Waals surface area contributed by atoms with Crippen molar-refractivity contribution < 1.29 is 18.8 Å². The largest absolute Gasteiger partial charge is 0.350 e. The summed E-state index contributed by atoms with van der Waals surface area (Å²) in [4.78, 5) is 41.8. The van der Waals surface area contributed by atoms with Gasteiger partial charge < -0.3 is 10.6 Å². The first-order valence-electron chi connectivity index (χ1n) is 10.8. The van der Waals surface area contributed by atoms with Gasteiger partial charge >= 0.3 is 0 Å². The molecule has 178 valence electrons. The molecule has 9 heteroatoms. The molecule has 0 fully saturated rings. The van der Waals surface area contributed by atoms with Gasteiger partial charge in [-0.05, 0) is 66.0 Å². The highest BCUT2D eigenvalue weighted by Crippen LogP contribution is 2.38. The Hall–Kier alpha value is -4.21. The van der Waals surface area contributed by atoms with Gasteiger partial charge in [-0.15, -0.1) is 11.3 Å². The zero-order valence-corrected chi connectivity index (χ0v) is 20.2. The predicted octanol–water partition coefficient (Wildman–Crippen LogP) is 6.13. The summed E-state index contributed by atoms with van der Waals surface area (Å²) in [6, 6.07) is 24.7. The molecule has 0 saturated carbocycles. The van der Waals surface area contributed by atoms with E-state index in [9.17, 15) is 18.8 Å². The molecule has 5 rings (SSSR count). The molecule has 1 aliphatic rings. The number of thioether (sulfide) groups is 1. The van der Waals surface area contributed by atoms with E-state index in [1.165, 1.54) is 35.6 Å². The van der Waals surface area contributed by atoms with Crippen molar-refractivity contribution in [1.82, 2.24) is 0 Å². The van der Waals surface area contributed by atoms with Gasteiger partial charge in [0, 0.05) is 16.3 Å².